The second kappa shape index (κ2) is 6.55. The van der Waals surface area contributed by atoms with Crippen molar-refractivity contribution >= 4 is 21.5 Å². The van der Waals surface area contributed by atoms with Crippen LogP contribution in [0.2, 0.25) is 0 Å². The molecule has 0 radical (unpaired) electrons. The Labute approximate surface area is 158 Å². The standard InChI is InChI=1S/C21H19N3O2S/c1-15-12-13-24-19(14-15)22-20(18-11-7-6-8-16(18)2)21(24)23-27(25,26)17-9-4-3-5-10-17/h3-14,23H,1-2H3. The molecule has 0 aliphatic carbocycles. The largest absolute Gasteiger partial charge is 0.285 e. The van der Waals surface area contributed by atoms with Gasteiger partial charge in [0.2, 0.25) is 0 Å². The summed E-state index contributed by atoms with van der Waals surface area (Å²) in [5.41, 5.74) is 4.28. The number of aromatic nitrogens is 2. The van der Waals surface area contributed by atoms with Gasteiger partial charge in [-0.05, 0) is 49.2 Å². The zero-order chi connectivity index (χ0) is 19.0. The highest BCUT2D eigenvalue weighted by Gasteiger charge is 2.22. The molecule has 0 amide bonds. The molecule has 27 heavy (non-hydrogen) atoms. The number of hydrogen-bond donors (Lipinski definition) is 1. The number of hydrogen-bond acceptors (Lipinski definition) is 3. The number of imidazole rings is 1. The predicted molar refractivity (Wildman–Crippen MR) is 107 cm³/mol. The van der Waals surface area contributed by atoms with Gasteiger partial charge in [0.1, 0.15) is 11.3 Å². The van der Waals surface area contributed by atoms with Crippen LogP contribution < -0.4 is 4.72 Å². The first-order valence-corrected chi connectivity index (χ1v) is 10.1. The number of rotatable bonds is 4. The second-order valence-corrected chi connectivity index (χ2v) is 8.16. The zero-order valence-electron chi connectivity index (χ0n) is 15.0. The number of nitrogens with zero attached hydrogens (tertiary/aromatic N) is 2. The topological polar surface area (TPSA) is 63.5 Å². The number of benzene rings is 2. The number of sulfonamides is 1. The second-order valence-electron chi connectivity index (χ2n) is 6.47. The molecule has 0 saturated carbocycles. The van der Waals surface area contributed by atoms with E-state index in [9.17, 15) is 8.42 Å². The van der Waals surface area contributed by atoms with Crippen molar-refractivity contribution < 1.29 is 8.42 Å². The summed E-state index contributed by atoms with van der Waals surface area (Å²) in [7, 11) is -3.74. The van der Waals surface area contributed by atoms with Crippen molar-refractivity contribution in [1.82, 2.24) is 9.38 Å². The van der Waals surface area contributed by atoms with E-state index in [1.807, 2.05) is 56.4 Å². The average molecular weight is 377 g/mol. The molecule has 136 valence electrons. The van der Waals surface area contributed by atoms with E-state index in [4.69, 9.17) is 4.98 Å². The van der Waals surface area contributed by atoms with Gasteiger partial charge in [-0.1, -0.05) is 42.5 Å². The van der Waals surface area contributed by atoms with Crippen LogP contribution in [0.1, 0.15) is 11.1 Å². The van der Waals surface area contributed by atoms with Crippen LogP contribution in [0, 0.1) is 13.8 Å². The molecule has 1 N–H and O–H groups in total. The van der Waals surface area contributed by atoms with Gasteiger partial charge in [-0.15, -0.1) is 0 Å². The molecule has 4 rings (SSSR count). The van der Waals surface area contributed by atoms with Crippen molar-refractivity contribution in [2.45, 2.75) is 18.7 Å². The monoisotopic (exact) mass is 377 g/mol. The van der Waals surface area contributed by atoms with Crippen LogP contribution in [-0.2, 0) is 10.0 Å². The molecule has 0 unspecified atom stereocenters. The fraction of sp³-hybridized carbons (Fsp3) is 0.0952. The molecule has 6 heteroatoms. The molecule has 2 aromatic carbocycles. The minimum Gasteiger partial charge on any atom is -0.285 e. The molecule has 2 aromatic heterocycles. The molecule has 0 bridgehead atoms. The van der Waals surface area contributed by atoms with Gasteiger partial charge in [-0.25, -0.2) is 13.4 Å². The van der Waals surface area contributed by atoms with Gasteiger partial charge >= 0.3 is 0 Å². The van der Waals surface area contributed by atoms with Crippen LogP contribution >= 0.6 is 0 Å². The van der Waals surface area contributed by atoms with Gasteiger partial charge in [-0.2, -0.15) is 0 Å². The highest BCUT2D eigenvalue weighted by atomic mass is 32.2. The zero-order valence-corrected chi connectivity index (χ0v) is 15.9. The predicted octanol–water partition coefficient (Wildman–Crippen LogP) is 4.42. The molecule has 0 aliphatic rings. The third-order valence-corrected chi connectivity index (χ3v) is 5.82. The van der Waals surface area contributed by atoms with Crippen molar-refractivity contribution in [3.8, 4) is 11.3 Å². The third kappa shape index (κ3) is 3.19. The lowest BCUT2D eigenvalue weighted by atomic mass is 10.1. The summed E-state index contributed by atoms with van der Waals surface area (Å²) in [4.78, 5) is 4.93. The Morgan fingerprint density at radius 2 is 1.63 bits per heavy atom. The van der Waals surface area contributed by atoms with Gasteiger partial charge in [0.05, 0.1) is 4.90 Å². The lowest BCUT2D eigenvalue weighted by Gasteiger charge is -2.11. The minimum atomic E-state index is -3.74. The first kappa shape index (κ1) is 17.3. The van der Waals surface area contributed by atoms with E-state index in [0.29, 0.717) is 17.2 Å². The third-order valence-electron chi connectivity index (χ3n) is 4.47. The Bertz CT molecular complexity index is 1230. The molecule has 5 nitrogen and oxygen atoms in total. The van der Waals surface area contributed by atoms with Crippen LogP contribution in [0.4, 0.5) is 5.82 Å². The summed E-state index contributed by atoms with van der Waals surface area (Å²) in [5.74, 6) is 0.433. The van der Waals surface area contributed by atoms with Gasteiger partial charge in [0, 0.05) is 11.8 Å². The van der Waals surface area contributed by atoms with Crippen molar-refractivity contribution in [3.63, 3.8) is 0 Å². The number of anilines is 1. The van der Waals surface area contributed by atoms with E-state index in [-0.39, 0.29) is 4.90 Å². The lowest BCUT2D eigenvalue weighted by molar-refractivity contribution is 0.601. The minimum absolute atomic E-state index is 0.211. The Balaban J connectivity index is 1.93. The summed E-state index contributed by atoms with van der Waals surface area (Å²) in [5, 5.41) is 0. The Morgan fingerprint density at radius 3 is 2.37 bits per heavy atom. The fourth-order valence-corrected chi connectivity index (χ4v) is 4.14. The molecule has 0 atom stereocenters. The van der Waals surface area contributed by atoms with Crippen LogP contribution in [0.25, 0.3) is 16.9 Å². The maximum atomic E-state index is 12.9. The first-order valence-electron chi connectivity index (χ1n) is 8.58. The maximum absolute atomic E-state index is 12.9. The lowest BCUT2D eigenvalue weighted by Crippen LogP contribution is -2.15. The molecule has 0 spiro atoms. The summed E-state index contributed by atoms with van der Waals surface area (Å²) in [6, 6.07) is 20.0. The highest BCUT2D eigenvalue weighted by Crippen LogP contribution is 2.32. The van der Waals surface area contributed by atoms with E-state index in [2.05, 4.69) is 4.72 Å². The van der Waals surface area contributed by atoms with Crippen LogP contribution in [0.3, 0.4) is 0 Å². The average Bonchev–Trinajstić information content (AvgIpc) is 2.99. The van der Waals surface area contributed by atoms with Gasteiger partial charge in [0.15, 0.2) is 5.82 Å². The van der Waals surface area contributed by atoms with Gasteiger partial charge in [0.25, 0.3) is 10.0 Å². The molecule has 0 fully saturated rings. The van der Waals surface area contributed by atoms with Crippen molar-refractivity contribution in [2.24, 2.45) is 0 Å². The molecule has 0 saturated heterocycles. The van der Waals surface area contributed by atoms with Gasteiger partial charge in [-0.3, -0.25) is 9.12 Å². The van der Waals surface area contributed by atoms with E-state index >= 15 is 0 Å². The number of aryl methyl sites for hydroxylation is 2. The summed E-state index contributed by atoms with van der Waals surface area (Å²) >= 11 is 0. The Morgan fingerprint density at radius 1 is 0.926 bits per heavy atom. The van der Waals surface area contributed by atoms with E-state index in [1.165, 1.54) is 0 Å². The normalized spacial score (nSPS) is 11.6. The van der Waals surface area contributed by atoms with E-state index < -0.39 is 10.0 Å². The quantitative estimate of drug-likeness (QED) is 0.573. The molecule has 2 heterocycles. The highest BCUT2D eigenvalue weighted by molar-refractivity contribution is 7.92. The van der Waals surface area contributed by atoms with Crippen LogP contribution in [-0.4, -0.2) is 17.8 Å². The number of pyridine rings is 1. The number of fused-ring (bicyclic) bond motifs is 1. The van der Waals surface area contributed by atoms with E-state index in [1.54, 1.807) is 34.7 Å². The van der Waals surface area contributed by atoms with Crippen molar-refractivity contribution in [1.29, 1.82) is 0 Å². The van der Waals surface area contributed by atoms with E-state index in [0.717, 1.165) is 16.7 Å². The summed E-state index contributed by atoms with van der Waals surface area (Å²) in [6.45, 7) is 3.97. The van der Waals surface area contributed by atoms with Crippen molar-refractivity contribution in [3.05, 3.63) is 84.1 Å². The fourth-order valence-electron chi connectivity index (χ4n) is 3.06. The van der Waals surface area contributed by atoms with Crippen molar-refractivity contribution in [2.75, 3.05) is 4.72 Å². The first-order chi connectivity index (χ1) is 13.0. The number of nitrogens with one attached hydrogen (secondary N) is 1. The SMILES string of the molecule is Cc1ccn2c(NS(=O)(=O)c3ccccc3)c(-c3ccccc3C)nc2c1. The summed E-state index contributed by atoms with van der Waals surface area (Å²) in [6.07, 6.45) is 1.84. The summed E-state index contributed by atoms with van der Waals surface area (Å²) < 4.78 is 30.4. The molecular formula is C21H19N3O2S. The molecular weight excluding hydrogens is 358 g/mol. The Kier molecular flexibility index (Phi) is 4.20. The van der Waals surface area contributed by atoms with Crippen LogP contribution in [0.5, 0.6) is 0 Å². The Hall–Kier alpha value is -3.12. The molecule has 4 aromatic rings. The smallest absolute Gasteiger partial charge is 0.263 e. The van der Waals surface area contributed by atoms with Crippen LogP contribution in [0.15, 0.2) is 77.8 Å². The molecule has 0 aliphatic heterocycles. The maximum Gasteiger partial charge on any atom is 0.263 e. The van der Waals surface area contributed by atoms with Gasteiger partial charge < -0.3 is 0 Å².